The predicted octanol–water partition coefficient (Wildman–Crippen LogP) is 0.709. The molecule has 0 saturated heterocycles. The summed E-state index contributed by atoms with van der Waals surface area (Å²) in [6.45, 7) is 2.78. The minimum absolute atomic E-state index is 0.151. The Morgan fingerprint density at radius 1 is 1.78 bits per heavy atom. The normalized spacial score (nSPS) is 14.6. The summed E-state index contributed by atoms with van der Waals surface area (Å²) >= 11 is 5.25. The molecule has 0 aliphatic heterocycles. The van der Waals surface area contributed by atoms with Gasteiger partial charge in [-0.3, -0.25) is 0 Å². The summed E-state index contributed by atoms with van der Waals surface area (Å²) in [7, 11) is 0. The van der Waals surface area contributed by atoms with Gasteiger partial charge in [0.2, 0.25) is 0 Å². The van der Waals surface area contributed by atoms with Gasteiger partial charge in [0.25, 0.3) is 0 Å². The SMILES string of the molecule is CC(CO)NC/C=C/Cl. The summed E-state index contributed by atoms with van der Waals surface area (Å²) in [6, 6.07) is 0.151. The van der Waals surface area contributed by atoms with Gasteiger partial charge in [0, 0.05) is 18.1 Å². The third kappa shape index (κ3) is 5.83. The van der Waals surface area contributed by atoms with Crippen molar-refractivity contribution in [3.05, 3.63) is 11.6 Å². The van der Waals surface area contributed by atoms with Gasteiger partial charge in [-0.2, -0.15) is 0 Å². The van der Waals surface area contributed by atoms with Crippen molar-refractivity contribution in [1.82, 2.24) is 5.32 Å². The zero-order valence-electron chi connectivity index (χ0n) is 5.47. The first kappa shape index (κ1) is 8.95. The lowest BCUT2D eigenvalue weighted by atomic mass is 10.3. The maximum absolute atomic E-state index is 8.51. The van der Waals surface area contributed by atoms with Crippen LogP contribution in [0, 0.1) is 0 Å². The monoisotopic (exact) mass is 149 g/mol. The highest BCUT2D eigenvalue weighted by Crippen LogP contribution is 1.79. The zero-order chi connectivity index (χ0) is 7.11. The molecule has 9 heavy (non-hydrogen) atoms. The fraction of sp³-hybridized carbons (Fsp3) is 0.667. The summed E-state index contributed by atoms with van der Waals surface area (Å²) in [5.74, 6) is 0. The first-order chi connectivity index (χ1) is 4.31. The predicted molar refractivity (Wildman–Crippen MR) is 39.5 cm³/mol. The van der Waals surface area contributed by atoms with Crippen LogP contribution in [0.25, 0.3) is 0 Å². The van der Waals surface area contributed by atoms with Crippen LogP contribution in [0.2, 0.25) is 0 Å². The molecule has 0 bridgehead atoms. The molecule has 0 aromatic rings. The number of hydrogen-bond donors (Lipinski definition) is 2. The van der Waals surface area contributed by atoms with Crippen LogP contribution in [0.15, 0.2) is 11.6 Å². The van der Waals surface area contributed by atoms with Gasteiger partial charge in [-0.05, 0) is 6.92 Å². The average molecular weight is 150 g/mol. The molecular weight excluding hydrogens is 138 g/mol. The molecule has 0 fully saturated rings. The van der Waals surface area contributed by atoms with Crippen molar-refractivity contribution in [3.8, 4) is 0 Å². The molecule has 0 heterocycles. The van der Waals surface area contributed by atoms with E-state index < -0.39 is 0 Å². The molecule has 0 amide bonds. The van der Waals surface area contributed by atoms with Crippen molar-refractivity contribution in [1.29, 1.82) is 0 Å². The van der Waals surface area contributed by atoms with E-state index in [1.807, 2.05) is 6.92 Å². The van der Waals surface area contributed by atoms with E-state index in [9.17, 15) is 0 Å². The average Bonchev–Trinajstić information content (AvgIpc) is 1.89. The second-order valence-electron chi connectivity index (χ2n) is 1.85. The summed E-state index contributed by atoms with van der Waals surface area (Å²) in [6.07, 6.45) is 1.79. The van der Waals surface area contributed by atoms with Crippen molar-refractivity contribution in [2.24, 2.45) is 0 Å². The number of aliphatic hydroxyl groups is 1. The molecule has 1 atom stereocenters. The highest BCUT2D eigenvalue weighted by Gasteiger charge is 1.92. The Hall–Kier alpha value is -0.0500. The fourth-order valence-electron chi connectivity index (χ4n) is 0.378. The molecule has 0 spiro atoms. The van der Waals surface area contributed by atoms with Crippen LogP contribution in [-0.2, 0) is 0 Å². The van der Waals surface area contributed by atoms with Gasteiger partial charge in [-0.15, -0.1) is 0 Å². The Labute approximate surface area is 60.5 Å². The largest absolute Gasteiger partial charge is 0.395 e. The maximum atomic E-state index is 8.51. The van der Waals surface area contributed by atoms with Gasteiger partial charge in [-0.1, -0.05) is 17.7 Å². The lowest BCUT2D eigenvalue weighted by molar-refractivity contribution is 0.255. The lowest BCUT2D eigenvalue weighted by Gasteiger charge is -2.06. The van der Waals surface area contributed by atoms with E-state index in [-0.39, 0.29) is 12.6 Å². The van der Waals surface area contributed by atoms with E-state index in [0.717, 1.165) is 0 Å². The molecule has 2 nitrogen and oxygen atoms in total. The van der Waals surface area contributed by atoms with Gasteiger partial charge in [-0.25, -0.2) is 0 Å². The highest BCUT2D eigenvalue weighted by atomic mass is 35.5. The van der Waals surface area contributed by atoms with Crippen LogP contribution in [0.3, 0.4) is 0 Å². The summed E-state index contributed by atoms with van der Waals surface area (Å²) in [5, 5.41) is 11.5. The number of halogens is 1. The quantitative estimate of drug-likeness (QED) is 0.617. The van der Waals surface area contributed by atoms with Crippen LogP contribution in [-0.4, -0.2) is 24.3 Å². The number of hydrogen-bond acceptors (Lipinski definition) is 2. The Morgan fingerprint density at radius 3 is 2.89 bits per heavy atom. The van der Waals surface area contributed by atoms with Crippen molar-refractivity contribution < 1.29 is 5.11 Å². The molecule has 0 aromatic heterocycles. The Balaban J connectivity index is 3.06. The van der Waals surface area contributed by atoms with Gasteiger partial charge >= 0.3 is 0 Å². The Kier molecular flexibility index (Phi) is 6.04. The van der Waals surface area contributed by atoms with Crippen molar-refractivity contribution in [2.45, 2.75) is 13.0 Å². The molecule has 0 aliphatic carbocycles. The highest BCUT2D eigenvalue weighted by molar-refractivity contribution is 6.25. The van der Waals surface area contributed by atoms with E-state index >= 15 is 0 Å². The van der Waals surface area contributed by atoms with Crippen LogP contribution >= 0.6 is 11.6 Å². The fourth-order valence-corrected chi connectivity index (χ4v) is 0.467. The maximum Gasteiger partial charge on any atom is 0.0582 e. The van der Waals surface area contributed by atoms with Gasteiger partial charge < -0.3 is 10.4 Å². The van der Waals surface area contributed by atoms with Crippen LogP contribution in [0.5, 0.6) is 0 Å². The first-order valence-electron chi connectivity index (χ1n) is 2.90. The van der Waals surface area contributed by atoms with E-state index in [2.05, 4.69) is 5.32 Å². The lowest BCUT2D eigenvalue weighted by Crippen LogP contribution is -2.29. The van der Waals surface area contributed by atoms with Crippen molar-refractivity contribution >= 4 is 11.6 Å². The van der Waals surface area contributed by atoms with Gasteiger partial charge in [0.15, 0.2) is 0 Å². The van der Waals surface area contributed by atoms with E-state index in [4.69, 9.17) is 16.7 Å². The molecule has 3 heteroatoms. The smallest absolute Gasteiger partial charge is 0.0582 e. The van der Waals surface area contributed by atoms with Gasteiger partial charge in [0.1, 0.15) is 0 Å². The summed E-state index contributed by atoms with van der Waals surface area (Å²) in [5.41, 5.74) is 1.46. The van der Waals surface area contributed by atoms with Crippen LogP contribution in [0.4, 0.5) is 0 Å². The zero-order valence-corrected chi connectivity index (χ0v) is 6.23. The second kappa shape index (κ2) is 6.08. The van der Waals surface area contributed by atoms with Gasteiger partial charge in [0.05, 0.1) is 6.61 Å². The third-order valence-electron chi connectivity index (χ3n) is 0.947. The molecule has 2 N–H and O–H groups in total. The van der Waals surface area contributed by atoms with E-state index in [1.54, 1.807) is 6.08 Å². The van der Waals surface area contributed by atoms with Crippen LogP contribution in [0.1, 0.15) is 6.92 Å². The number of rotatable bonds is 4. The molecule has 54 valence electrons. The molecule has 1 unspecified atom stereocenters. The molecule has 0 radical (unpaired) electrons. The molecule has 0 aliphatic rings. The second-order valence-corrected chi connectivity index (χ2v) is 2.11. The third-order valence-corrected chi connectivity index (χ3v) is 1.13. The van der Waals surface area contributed by atoms with Crippen molar-refractivity contribution in [2.75, 3.05) is 13.2 Å². The topological polar surface area (TPSA) is 32.3 Å². The van der Waals surface area contributed by atoms with Crippen molar-refractivity contribution in [3.63, 3.8) is 0 Å². The number of aliphatic hydroxyl groups excluding tert-OH is 1. The number of nitrogens with one attached hydrogen (secondary N) is 1. The standard InChI is InChI=1S/C6H12ClNO/c1-6(5-9)8-4-2-3-7/h2-3,6,8-9H,4-5H2,1H3/b3-2+. The minimum atomic E-state index is 0.151. The molecule has 0 saturated carbocycles. The minimum Gasteiger partial charge on any atom is -0.395 e. The Bertz CT molecular complexity index is 85.1. The van der Waals surface area contributed by atoms with E-state index in [0.29, 0.717) is 6.54 Å². The van der Waals surface area contributed by atoms with Crippen LogP contribution < -0.4 is 5.32 Å². The first-order valence-corrected chi connectivity index (χ1v) is 3.34. The van der Waals surface area contributed by atoms with E-state index in [1.165, 1.54) is 5.54 Å². The molecule has 0 rings (SSSR count). The summed E-state index contributed by atoms with van der Waals surface area (Å²) < 4.78 is 0. The Morgan fingerprint density at radius 2 is 2.44 bits per heavy atom. The molecule has 0 aromatic carbocycles. The molecular formula is C6H12ClNO. The summed E-state index contributed by atoms with van der Waals surface area (Å²) in [4.78, 5) is 0.